The molecule has 0 heterocycles. The fraction of sp³-hybridized carbons (Fsp3) is 0.286. The van der Waals surface area contributed by atoms with Gasteiger partial charge in [-0.3, -0.25) is 0 Å². The second-order valence-electron chi connectivity index (χ2n) is 8.21. The lowest BCUT2D eigenvalue weighted by Gasteiger charge is -2.20. The summed E-state index contributed by atoms with van der Waals surface area (Å²) >= 11 is 0. The van der Waals surface area contributed by atoms with E-state index in [1.165, 1.54) is 81.6 Å². The van der Waals surface area contributed by atoms with E-state index in [1.807, 2.05) is 0 Å². The van der Waals surface area contributed by atoms with Crippen molar-refractivity contribution in [2.24, 2.45) is 0 Å². The molecule has 28 heavy (non-hydrogen) atoms. The van der Waals surface area contributed by atoms with Crippen molar-refractivity contribution in [3.63, 3.8) is 0 Å². The van der Waals surface area contributed by atoms with Gasteiger partial charge in [-0.25, -0.2) is 0 Å². The predicted octanol–water partition coefficient (Wildman–Crippen LogP) is 8.42. The molecule has 0 aliphatic carbocycles. The van der Waals surface area contributed by atoms with Crippen LogP contribution in [0.5, 0.6) is 0 Å². The zero-order valence-corrected chi connectivity index (χ0v) is 17.0. The van der Waals surface area contributed by atoms with Crippen molar-refractivity contribution in [2.75, 3.05) is 0 Å². The van der Waals surface area contributed by atoms with E-state index in [1.54, 1.807) is 11.1 Å². The lowest BCUT2D eigenvalue weighted by molar-refractivity contribution is 0.763. The van der Waals surface area contributed by atoms with Gasteiger partial charge < -0.3 is 0 Å². The van der Waals surface area contributed by atoms with Gasteiger partial charge in [0.2, 0.25) is 0 Å². The molecule has 0 bridgehead atoms. The number of fused-ring (bicyclic) bond motifs is 2. The van der Waals surface area contributed by atoms with Crippen LogP contribution in [0.25, 0.3) is 43.1 Å². The third-order valence-electron chi connectivity index (χ3n) is 6.41. The van der Waals surface area contributed by atoms with Crippen LogP contribution in [0.3, 0.4) is 0 Å². The second kappa shape index (κ2) is 7.09. The summed E-state index contributed by atoms with van der Waals surface area (Å²) in [5.41, 5.74) is 3.18. The zero-order chi connectivity index (χ0) is 19.1. The number of hydrogen-bond donors (Lipinski definition) is 0. The molecule has 0 atom stereocenters. The summed E-state index contributed by atoms with van der Waals surface area (Å²) < 4.78 is 0. The Hall–Kier alpha value is -2.60. The summed E-state index contributed by atoms with van der Waals surface area (Å²) in [5, 5.41) is 11.5. The van der Waals surface area contributed by atoms with E-state index < -0.39 is 0 Å². The van der Waals surface area contributed by atoms with Crippen LogP contribution in [0.1, 0.15) is 50.7 Å². The molecular formula is C28H28. The van der Waals surface area contributed by atoms with Crippen LogP contribution in [0.2, 0.25) is 0 Å². The van der Waals surface area contributed by atoms with Crippen molar-refractivity contribution in [3.05, 3.63) is 71.8 Å². The minimum Gasteiger partial charge on any atom is -0.0654 e. The van der Waals surface area contributed by atoms with Crippen LogP contribution in [0.15, 0.2) is 60.7 Å². The predicted molar refractivity (Wildman–Crippen MR) is 125 cm³/mol. The maximum absolute atomic E-state index is 2.50. The molecule has 5 aromatic carbocycles. The molecule has 0 fully saturated rings. The van der Waals surface area contributed by atoms with Gasteiger partial charge in [-0.1, -0.05) is 87.4 Å². The van der Waals surface area contributed by atoms with Gasteiger partial charge in [0.25, 0.3) is 0 Å². The Kier molecular flexibility index (Phi) is 4.43. The highest BCUT2D eigenvalue weighted by molar-refractivity contribution is 6.33. The van der Waals surface area contributed by atoms with Gasteiger partial charge in [-0.05, 0) is 79.9 Å². The van der Waals surface area contributed by atoms with Gasteiger partial charge in [0.1, 0.15) is 0 Å². The highest BCUT2D eigenvalue weighted by Crippen LogP contribution is 2.43. The van der Waals surface area contributed by atoms with Crippen LogP contribution < -0.4 is 0 Å². The van der Waals surface area contributed by atoms with E-state index in [9.17, 15) is 0 Å². The third kappa shape index (κ3) is 2.58. The van der Waals surface area contributed by atoms with Crippen LogP contribution in [0, 0.1) is 0 Å². The van der Waals surface area contributed by atoms with E-state index in [4.69, 9.17) is 0 Å². The summed E-state index contributed by atoms with van der Waals surface area (Å²) in [5.74, 6) is 0. The quantitative estimate of drug-likeness (QED) is 0.209. The molecule has 5 rings (SSSR count). The molecule has 0 spiro atoms. The molecule has 0 heteroatoms. The summed E-state index contributed by atoms with van der Waals surface area (Å²) in [6.07, 6.45) is 7.40. The number of aryl methyl sites for hydroxylation is 2. The van der Waals surface area contributed by atoms with E-state index in [-0.39, 0.29) is 0 Å². The summed E-state index contributed by atoms with van der Waals surface area (Å²) in [6, 6.07) is 23.0. The van der Waals surface area contributed by atoms with Gasteiger partial charge in [-0.15, -0.1) is 0 Å². The maximum atomic E-state index is 2.50. The van der Waals surface area contributed by atoms with E-state index in [0.29, 0.717) is 0 Å². The van der Waals surface area contributed by atoms with Crippen molar-refractivity contribution < 1.29 is 0 Å². The summed E-state index contributed by atoms with van der Waals surface area (Å²) in [6.45, 7) is 4.60. The van der Waals surface area contributed by atoms with Crippen molar-refractivity contribution in [1.29, 1.82) is 0 Å². The van der Waals surface area contributed by atoms with Crippen LogP contribution in [-0.4, -0.2) is 0 Å². The topological polar surface area (TPSA) is 0 Å². The van der Waals surface area contributed by atoms with E-state index >= 15 is 0 Å². The molecule has 0 unspecified atom stereocenters. The van der Waals surface area contributed by atoms with Gasteiger partial charge in [-0.2, -0.15) is 0 Å². The molecule has 0 aromatic heterocycles. The van der Waals surface area contributed by atoms with Crippen molar-refractivity contribution >= 4 is 43.1 Å². The minimum absolute atomic E-state index is 1.19. The third-order valence-corrected chi connectivity index (χ3v) is 6.41. The van der Waals surface area contributed by atoms with Crippen LogP contribution >= 0.6 is 0 Å². The molecule has 0 saturated carbocycles. The largest absolute Gasteiger partial charge is 0.0654 e. The highest BCUT2D eigenvalue weighted by atomic mass is 14.2. The second-order valence-corrected chi connectivity index (χ2v) is 8.21. The Morgan fingerprint density at radius 3 is 1.89 bits per heavy atom. The SMILES string of the molecule is CCCCc1cc2cccc3c4cccc5cccc(c(c1CCCC)c23)c54. The smallest absolute Gasteiger partial charge is 0.00234 e. The minimum atomic E-state index is 1.19. The molecule has 0 aliphatic rings. The lowest BCUT2D eigenvalue weighted by Crippen LogP contribution is -1.99. The zero-order valence-electron chi connectivity index (χ0n) is 17.0. The molecule has 140 valence electrons. The van der Waals surface area contributed by atoms with E-state index in [2.05, 4.69) is 74.5 Å². The number of unbranched alkanes of at least 4 members (excludes halogenated alkanes) is 2. The molecule has 0 radical (unpaired) electrons. The molecule has 0 nitrogen and oxygen atoms in total. The number of rotatable bonds is 6. The Morgan fingerprint density at radius 2 is 1.18 bits per heavy atom. The first-order valence-electron chi connectivity index (χ1n) is 10.9. The Labute approximate surface area is 167 Å². The van der Waals surface area contributed by atoms with Gasteiger partial charge in [0, 0.05) is 0 Å². The molecule has 5 aromatic rings. The fourth-order valence-corrected chi connectivity index (χ4v) is 5.08. The van der Waals surface area contributed by atoms with Crippen molar-refractivity contribution in [1.82, 2.24) is 0 Å². The number of hydrogen-bond acceptors (Lipinski definition) is 0. The van der Waals surface area contributed by atoms with Gasteiger partial charge in [0.05, 0.1) is 0 Å². The molecule has 0 aliphatic heterocycles. The number of benzene rings is 5. The Bertz CT molecular complexity index is 1270. The molecular weight excluding hydrogens is 336 g/mol. The Balaban J connectivity index is 2.01. The van der Waals surface area contributed by atoms with E-state index in [0.717, 1.165) is 0 Å². The normalized spacial score (nSPS) is 12.1. The van der Waals surface area contributed by atoms with Crippen molar-refractivity contribution in [2.45, 2.75) is 52.4 Å². The fourth-order valence-electron chi connectivity index (χ4n) is 5.08. The Morgan fingerprint density at radius 1 is 0.571 bits per heavy atom. The summed E-state index contributed by atoms with van der Waals surface area (Å²) in [4.78, 5) is 0. The average Bonchev–Trinajstić information content (AvgIpc) is 2.74. The summed E-state index contributed by atoms with van der Waals surface area (Å²) in [7, 11) is 0. The van der Waals surface area contributed by atoms with Crippen molar-refractivity contribution in [3.8, 4) is 0 Å². The van der Waals surface area contributed by atoms with Crippen LogP contribution in [0.4, 0.5) is 0 Å². The first kappa shape index (κ1) is 17.5. The maximum Gasteiger partial charge on any atom is -0.00234 e. The standard InChI is InChI=1S/C28H28/c1-3-5-10-20-18-21-13-9-16-24-23-15-7-11-19-12-8-17-25(26(19)23)28(27(21)24)22(20)14-6-4-2/h7-9,11-13,15-18H,3-6,10,14H2,1-2H3. The van der Waals surface area contributed by atoms with Gasteiger partial charge in [0.15, 0.2) is 0 Å². The highest BCUT2D eigenvalue weighted by Gasteiger charge is 2.17. The average molecular weight is 365 g/mol. The molecule has 0 N–H and O–H groups in total. The van der Waals surface area contributed by atoms with Gasteiger partial charge >= 0.3 is 0 Å². The first-order chi connectivity index (χ1) is 13.8. The molecule has 0 saturated heterocycles. The monoisotopic (exact) mass is 364 g/mol. The lowest BCUT2D eigenvalue weighted by atomic mass is 9.83. The van der Waals surface area contributed by atoms with Crippen LogP contribution in [-0.2, 0) is 12.8 Å². The first-order valence-corrected chi connectivity index (χ1v) is 10.9. The molecule has 0 amide bonds.